The Morgan fingerprint density at radius 1 is 1.24 bits per heavy atom. The number of aromatic nitrogens is 2. The third kappa shape index (κ3) is 5.80. The summed E-state index contributed by atoms with van der Waals surface area (Å²) in [5.74, 6) is 0.578. The van der Waals surface area contributed by atoms with E-state index in [2.05, 4.69) is 22.3 Å². The lowest BCUT2D eigenvalue weighted by Crippen LogP contribution is -2.46. The summed E-state index contributed by atoms with van der Waals surface area (Å²) in [6.07, 6.45) is 5.57. The number of benzene rings is 1. The van der Waals surface area contributed by atoms with Gasteiger partial charge in [-0.2, -0.15) is 5.10 Å². The summed E-state index contributed by atoms with van der Waals surface area (Å²) in [6, 6.07) is 8.62. The first kappa shape index (κ1) is 24.5. The number of para-hydroxylation sites is 1. The fraction of sp³-hybridized carbons (Fsp3) is 0.385. The van der Waals surface area contributed by atoms with Gasteiger partial charge in [0.05, 0.1) is 30.1 Å². The molecule has 0 saturated carbocycles. The van der Waals surface area contributed by atoms with Crippen molar-refractivity contribution in [3.8, 4) is 5.69 Å². The Kier molecular flexibility index (Phi) is 7.56. The van der Waals surface area contributed by atoms with Crippen molar-refractivity contribution in [2.45, 2.75) is 52.7 Å². The smallest absolute Gasteiger partial charge is 0.320 e. The second-order valence-electron chi connectivity index (χ2n) is 9.20. The highest BCUT2D eigenvalue weighted by Gasteiger charge is 2.30. The first-order valence-electron chi connectivity index (χ1n) is 11.2. The topological polar surface area (TPSA) is 99.4 Å². The Hall–Kier alpha value is -3.16. The third-order valence-electron chi connectivity index (χ3n) is 6.28. The summed E-state index contributed by atoms with van der Waals surface area (Å²) >= 11 is 0. The molecule has 0 radical (unpaired) electrons. The van der Waals surface area contributed by atoms with Crippen molar-refractivity contribution >= 4 is 11.8 Å². The molecule has 2 amide bonds. The molecule has 0 spiro atoms. The van der Waals surface area contributed by atoms with Crippen LogP contribution < -0.4 is 10.6 Å². The largest absolute Gasteiger partial charge is 0.392 e. The van der Waals surface area contributed by atoms with E-state index in [1.54, 1.807) is 4.68 Å². The Morgan fingerprint density at radius 2 is 1.94 bits per heavy atom. The molecule has 3 rings (SSSR count). The van der Waals surface area contributed by atoms with Gasteiger partial charge < -0.3 is 15.5 Å². The van der Waals surface area contributed by atoms with Crippen molar-refractivity contribution in [3.05, 3.63) is 77.5 Å². The Balaban J connectivity index is 1.84. The van der Waals surface area contributed by atoms with Crippen LogP contribution in [0.25, 0.3) is 5.69 Å². The molecule has 0 unspecified atom stereocenters. The zero-order chi connectivity index (χ0) is 24.2. The van der Waals surface area contributed by atoms with E-state index in [0.717, 1.165) is 22.5 Å². The zero-order valence-electron chi connectivity index (χ0n) is 19.8. The van der Waals surface area contributed by atoms with Gasteiger partial charge in [-0.1, -0.05) is 56.9 Å². The molecule has 2 atom stereocenters. The van der Waals surface area contributed by atoms with E-state index in [9.17, 15) is 15.0 Å². The predicted octanol–water partition coefficient (Wildman–Crippen LogP) is 4.19. The molecule has 1 aliphatic rings. The van der Waals surface area contributed by atoms with Gasteiger partial charge in [0.15, 0.2) is 0 Å². The first-order chi connectivity index (χ1) is 15.6. The molecule has 4 N–H and O–H groups in total. The maximum Gasteiger partial charge on any atom is 0.320 e. The minimum absolute atomic E-state index is 0.131. The first-order valence-corrected chi connectivity index (χ1v) is 11.2. The average Bonchev–Trinajstić information content (AvgIpc) is 3.06. The van der Waals surface area contributed by atoms with Crippen LogP contribution in [0.2, 0.25) is 0 Å². The summed E-state index contributed by atoms with van der Waals surface area (Å²) < 4.78 is 1.70. The van der Waals surface area contributed by atoms with Crippen molar-refractivity contribution in [3.63, 3.8) is 0 Å². The van der Waals surface area contributed by atoms with E-state index >= 15 is 0 Å². The standard InChI is InChI=1S/C26H34N4O3/c1-17-11-12-20(16-31)13-14-22(23(32)15-26(17,4)5)27-25(33)28-24-18(2)19(3)29-30(24)21-9-7-6-8-10-21/h6-13,22-23,31-32H,1,14-16H2,2-5H3,(H2,27,28,33)/b12-11-,20-13+/t22-,23-/m1/s1. The number of carbonyl (C=O) groups is 1. The van der Waals surface area contributed by atoms with Gasteiger partial charge in [0, 0.05) is 5.56 Å². The second-order valence-corrected chi connectivity index (χ2v) is 9.20. The molecule has 176 valence electrons. The van der Waals surface area contributed by atoms with Gasteiger partial charge in [-0.3, -0.25) is 5.32 Å². The second kappa shape index (κ2) is 10.2. The zero-order valence-corrected chi connectivity index (χ0v) is 19.8. The Morgan fingerprint density at radius 3 is 2.61 bits per heavy atom. The summed E-state index contributed by atoms with van der Waals surface area (Å²) in [6.45, 7) is 11.8. The molecule has 0 saturated heterocycles. The van der Waals surface area contributed by atoms with E-state index in [-0.39, 0.29) is 12.0 Å². The van der Waals surface area contributed by atoms with Crippen LogP contribution in [0, 0.1) is 19.3 Å². The van der Waals surface area contributed by atoms with E-state index < -0.39 is 18.2 Å². The van der Waals surface area contributed by atoms with Crippen molar-refractivity contribution < 1.29 is 15.0 Å². The van der Waals surface area contributed by atoms with E-state index in [1.807, 2.05) is 76.3 Å². The van der Waals surface area contributed by atoms with Crippen molar-refractivity contribution in [1.29, 1.82) is 0 Å². The van der Waals surface area contributed by atoms with Crippen LogP contribution in [0.3, 0.4) is 0 Å². The number of hydrogen-bond acceptors (Lipinski definition) is 4. The monoisotopic (exact) mass is 450 g/mol. The number of rotatable bonds is 4. The lowest BCUT2D eigenvalue weighted by atomic mass is 9.77. The van der Waals surface area contributed by atoms with E-state index in [4.69, 9.17) is 0 Å². The highest BCUT2D eigenvalue weighted by molar-refractivity contribution is 5.90. The van der Waals surface area contributed by atoms with Crippen molar-refractivity contribution in [2.75, 3.05) is 11.9 Å². The third-order valence-corrected chi connectivity index (χ3v) is 6.28. The van der Waals surface area contributed by atoms with Crippen molar-refractivity contribution in [1.82, 2.24) is 15.1 Å². The highest BCUT2D eigenvalue weighted by atomic mass is 16.3. The van der Waals surface area contributed by atoms with Crippen LogP contribution in [-0.4, -0.2) is 44.8 Å². The molecular weight excluding hydrogens is 416 g/mol. The molecule has 33 heavy (non-hydrogen) atoms. The van der Waals surface area contributed by atoms with Crippen molar-refractivity contribution in [2.24, 2.45) is 5.41 Å². The minimum Gasteiger partial charge on any atom is -0.392 e. The molecule has 2 aromatic rings. The van der Waals surface area contributed by atoms with Gasteiger partial charge in [0.1, 0.15) is 5.82 Å². The summed E-state index contributed by atoms with van der Waals surface area (Å²) in [5.41, 5.74) is 3.71. The number of carbonyl (C=O) groups excluding carboxylic acids is 1. The van der Waals surface area contributed by atoms with Gasteiger partial charge >= 0.3 is 6.03 Å². The lowest BCUT2D eigenvalue weighted by molar-refractivity contribution is 0.0928. The molecule has 0 fully saturated rings. The quantitative estimate of drug-likeness (QED) is 0.561. The molecule has 0 bridgehead atoms. The number of nitrogens with one attached hydrogen (secondary N) is 2. The molecule has 7 heteroatoms. The van der Waals surface area contributed by atoms with Gasteiger partial charge in [-0.15, -0.1) is 0 Å². The summed E-state index contributed by atoms with van der Waals surface area (Å²) in [4.78, 5) is 13.0. The van der Waals surface area contributed by atoms with Crippen LogP contribution in [0.4, 0.5) is 10.6 Å². The molecule has 7 nitrogen and oxygen atoms in total. The van der Waals surface area contributed by atoms with E-state index in [1.165, 1.54) is 0 Å². The van der Waals surface area contributed by atoms with Crippen LogP contribution in [0.5, 0.6) is 0 Å². The van der Waals surface area contributed by atoms with Gasteiger partial charge in [-0.25, -0.2) is 9.48 Å². The maximum atomic E-state index is 13.0. The molecule has 1 heterocycles. The number of aliphatic hydroxyl groups excluding tert-OH is 2. The van der Waals surface area contributed by atoms with Gasteiger partial charge in [0.2, 0.25) is 0 Å². The molecule has 1 aliphatic carbocycles. The number of allylic oxidation sites excluding steroid dienone is 2. The number of urea groups is 1. The van der Waals surface area contributed by atoms with Gasteiger partial charge in [0.25, 0.3) is 0 Å². The fourth-order valence-electron chi connectivity index (χ4n) is 3.83. The summed E-state index contributed by atoms with van der Waals surface area (Å²) in [5, 5.41) is 31.1. The molecule has 1 aromatic carbocycles. The lowest BCUT2D eigenvalue weighted by Gasteiger charge is -2.33. The SMILES string of the molecule is C=C1/C=C\C(CO)=C/C[C@@H](NC(=O)Nc2c(C)c(C)nn2-c2ccccc2)[C@H](O)CC1(C)C. The predicted molar refractivity (Wildman–Crippen MR) is 131 cm³/mol. The highest BCUT2D eigenvalue weighted by Crippen LogP contribution is 2.33. The molecule has 1 aromatic heterocycles. The normalized spacial score (nSPS) is 23.3. The van der Waals surface area contributed by atoms with Gasteiger partial charge in [-0.05, 0) is 55.4 Å². The van der Waals surface area contributed by atoms with Crippen LogP contribution >= 0.6 is 0 Å². The minimum atomic E-state index is -0.799. The summed E-state index contributed by atoms with van der Waals surface area (Å²) in [7, 11) is 0. The number of aliphatic hydroxyl groups is 2. The fourth-order valence-corrected chi connectivity index (χ4v) is 3.83. The van der Waals surface area contributed by atoms with Crippen LogP contribution in [0.1, 0.15) is 37.9 Å². The number of anilines is 1. The number of aryl methyl sites for hydroxylation is 1. The molecular formula is C26H34N4O3. The Bertz CT molecular complexity index is 1070. The maximum absolute atomic E-state index is 13.0. The Labute approximate surface area is 195 Å². The average molecular weight is 451 g/mol. The number of hydrogen-bond donors (Lipinski definition) is 4. The van der Waals surface area contributed by atoms with Crippen LogP contribution in [0.15, 0.2) is 66.3 Å². The molecule has 0 aliphatic heterocycles. The van der Waals surface area contributed by atoms with Crippen LogP contribution in [-0.2, 0) is 0 Å². The van der Waals surface area contributed by atoms with E-state index in [0.29, 0.717) is 24.2 Å². The number of amides is 2. The number of nitrogens with zero attached hydrogens (tertiary/aromatic N) is 2.